The molecule has 1 fully saturated rings. The molecule has 0 aliphatic carbocycles. The molecular weight excluding hydrogens is 232 g/mol. The lowest BCUT2D eigenvalue weighted by atomic mass is 9.85. The van der Waals surface area contributed by atoms with Crippen LogP contribution in [0.1, 0.15) is 53.9 Å². The Labute approximate surface area is 109 Å². The fourth-order valence-electron chi connectivity index (χ4n) is 2.54. The predicted octanol–water partition coefficient (Wildman–Crippen LogP) is 2.90. The number of cyclic esters (lactones) is 2. The molecular formula is C14H24O4. The van der Waals surface area contributed by atoms with Crippen LogP contribution in [-0.2, 0) is 19.1 Å². The summed E-state index contributed by atoms with van der Waals surface area (Å²) in [6, 6.07) is 0. The Balaban J connectivity index is 2.93. The highest BCUT2D eigenvalue weighted by Gasteiger charge is 2.48. The Bertz CT molecular complexity index is 304. The quantitative estimate of drug-likeness (QED) is 0.560. The Morgan fingerprint density at radius 3 is 1.89 bits per heavy atom. The Morgan fingerprint density at radius 2 is 1.50 bits per heavy atom. The van der Waals surface area contributed by atoms with Crippen molar-refractivity contribution in [3.8, 4) is 0 Å². The van der Waals surface area contributed by atoms with Crippen molar-refractivity contribution in [2.24, 2.45) is 17.8 Å². The third-order valence-corrected chi connectivity index (χ3v) is 3.13. The van der Waals surface area contributed by atoms with E-state index in [0.717, 1.165) is 6.42 Å². The van der Waals surface area contributed by atoms with Crippen LogP contribution in [-0.4, -0.2) is 17.7 Å². The fourth-order valence-corrected chi connectivity index (χ4v) is 2.54. The highest BCUT2D eigenvalue weighted by atomic mass is 16.7. The normalized spacial score (nSPS) is 20.8. The maximum absolute atomic E-state index is 11.5. The number of rotatable bonds is 5. The summed E-state index contributed by atoms with van der Waals surface area (Å²) < 4.78 is 10.9. The molecule has 0 N–H and O–H groups in total. The smallest absolute Gasteiger partial charge is 0.320 e. The van der Waals surface area contributed by atoms with Gasteiger partial charge in [0.25, 0.3) is 5.79 Å². The lowest BCUT2D eigenvalue weighted by molar-refractivity contribution is -0.267. The molecule has 0 aromatic heterocycles. The first-order chi connectivity index (χ1) is 8.25. The van der Waals surface area contributed by atoms with E-state index >= 15 is 0 Å². The number of hydrogen-bond acceptors (Lipinski definition) is 4. The minimum Gasteiger partial charge on any atom is -0.422 e. The molecule has 0 spiro atoms. The van der Waals surface area contributed by atoms with Gasteiger partial charge in [0, 0.05) is 12.3 Å². The van der Waals surface area contributed by atoms with Crippen LogP contribution in [0.25, 0.3) is 0 Å². The molecule has 1 unspecified atom stereocenters. The first kappa shape index (κ1) is 15.0. The Morgan fingerprint density at radius 1 is 1.00 bits per heavy atom. The zero-order valence-electron chi connectivity index (χ0n) is 12.0. The van der Waals surface area contributed by atoms with Gasteiger partial charge < -0.3 is 9.47 Å². The molecule has 1 atom stereocenters. The van der Waals surface area contributed by atoms with E-state index in [-0.39, 0.29) is 12.3 Å². The standard InChI is InChI=1S/C14H24O4/c1-9(2)6-11(5)14(8-10(3)4)17-12(15)7-13(16)18-14/h9-11H,6-8H2,1-5H3. The highest BCUT2D eigenvalue weighted by molar-refractivity contribution is 5.93. The van der Waals surface area contributed by atoms with E-state index in [0.29, 0.717) is 18.3 Å². The third-order valence-electron chi connectivity index (χ3n) is 3.13. The zero-order valence-corrected chi connectivity index (χ0v) is 12.0. The molecule has 0 saturated carbocycles. The average molecular weight is 256 g/mol. The number of ether oxygens (including phenoxy) is 2. The molecule has 0 amide bonds. The minimum atomic E-state index is -1.06. The summed E-state index contributed by atoms with van der Waals surface area (Å²) in [6.45, 7) is 10.2. The van der Waals surface area contributed by atoms with Crippen molar-refractivity contribution >= 4 is 11.9 Å². The van der Waals surface area contributed by atoms with E-state index in [1.807, 2.05) is 20.8 Å². The molecule has 18 heavy (non-hydrogen) atoms. The van der Waals surface area contributed by atoms with E-state index < -0.39 is 17.7 Å². The van der Waals surface area contributed by atoms with E-state index in [9.17, 15) is 9.59 Å². The van der Waals surface area contributed by atoms with Crippen LogP contribution >= 0.6 is 0 Å². The number of esters is 2. The first-order valence-electron chi connectivity index (χ1n) is 6.69. The molecule has 1 rings (SSSR count). The summed E-state index contributed by atoms with van der Waals surface area (Å²) in [4.78, 5) is 23.1. The molecule has 0 radical (unpaired) electrons. The van der Waals surface area contributed by atoms with Gasteiger partial charge in [0.2, 0.25) is 0 Å². The highest BCUT2D eigenvalue weighted by Crippen LogP contribution is 2.37. The van der Waals surface area contributed by atoms with Crippen molar-refractivity contribution in [2.75, 3.05) is 0 Å². The van der Waals surface area contributed by atoms with Gasteiger partial charge >= 0.3 is 11.9 Å². The summed E-state index contributed by atoms with van der Waals surface area (Å²) in [5.41, 5.74) is 0. The van der Waals surface area contributed by atoms with Crippen molar-refractivity contribution in [1.82, 2.24) is 0 Å². The molecule has 0 aromatic rings. The second kappa shape index (κ2) is 5.72. The van der Waals surface area contributed by atoms with Crippen LogP contribution < -0.4 is 0 Å². The van der Waals surface area contributed by atoms with Crippen LogP contribution in [0.2, 0.25) is 0 Å². The van der Waals surface area contributed by atoms with Crippen molar-refractivity contribution < 1.29 is 19.1 Å². The maximum atomic E-state index is 11.5. The van der Waals surface area contributed by atoms with Gasteiger partial charge in [-0.1, -0.05) is 34.6 Å². The number of carbonyl (C=O) groups is 2. The maximum Gasteiger partial charge on any atom is 0.320 e. The van der Waals surface area contributed by atoms with Gasteiger partial charge in [-0.15, -0.1) is 0 Å². The van der Waals surface area contributed by atoms with Gasteiger partial charge in [0.15, 0.2) is 0 Å². The number of carbonyl (C=O) groups excluding carboxylic acids is 2. The SMILES string of the molecule is CC(C)CC(C)C1(CC(C)C)OC(=O)CC(=O)O1. The minimum absolute atomic E-state index is 0.00750. The summed E-state index contributed by atoms with van der Waals surface area (Å²) in [6.07, 6.45) is 1.14. The van der Waals surface area contributed by atoms with Crippen molar-refractivity contribution in [1.29, 1.82) is 0 Å². The largest absolute Gasteiger partial charge is 0.422 e. The molecule has 104 valence electrons. The Kier molecular flexibility index (Phi) is 4.77. The van der Waals surface area contributed by atoms with Crippen LogP contribution in [0, 0.1) is 17.8 Å². The molecule has 1 aliphatic rings. The summed E-state index contributed by atoms with van der Waals surface area (Å²) in [5.74, 6) is -1.25. The van der Waals surface area contributed by atoms with E-state index in [1.54, 1.807) is 0 Å². The molecule has 1 heterocycles. The first-order valence-corrected chi connectivity index (χ1v) is 6.69. The molecule has 4 nitrogen and oxygen atoms in total. The van der Waals surface area contributed by atoms with E-state index in [4.69, 9.17) is 9.47 Å². The lowest BCUT2D eigenvalue weighted by Gasteiger charge is -2.41. The summed E-state index contributed by atoms with van der Waals surface area (Å²) >= 11 is 0. The molecule has 1 saturated heterocycles. The second-order valence-electron chi connectivity index (χ2n) is 6.07. The lowest BCUT2D eigenvalue weighted by Crippen LogP contribution is -2.51. The topological polar surface area (TPSA) is 52.6 Å². The van der Waals surface area contributed by atoms with Gasteiger partial charge in [-0.3, -0.25) is 9.59 Å². The van der Waals surface area contributed by atoms with Crippen LogP contribution in [0.4, 0.5) is 0 Å². The van der Waals surface area contributed by atoms with Crippen LogP contribution in [0.5, 0.6) is 0 Å². The number of hydrogen-bond donors (Lipinski definition) is 0. The molecule has 0 aromatic carbocycles. The van der Waals surface area contributed by atoms with Crippen LogP contribution in [0.15, 0.2) is 0 Å². The Hall–Kier alpha value is -1.06. The van der Waals surface area contributed by atoms with E-state index in [2.05, 4.69) is 13.8 Å². The van der Waals surface area contributed by atoms with Gasteiger partial charge in [0.05, 0.1) is 0 Å². The molecule has 1 aliphatic heterocycles. The second-order valence-corrected chi connectivity index (χ2v) is 6.07. The van der Waals surface area contributed by atoms with E-state index in [1.165, 1.54) is 0 Å². The average Bonchev–Trinajstić information content (AvgIpc) is 2.12. The van der Waals surface area contributed by atoms with Crippen molar-refractivity contribution in [2.45, 2.75) is 59.7 Å². The van der Waals surface area contributed by atoms with Gasteiger partial charge in [-0.25, -0.2) is 0 Å². The van der Waals surface area contributed by atoms with Gasteiger partial charge in [0.1, 0.15) is 6.42 Å². The van der Waals surface area contributed by atoms with Gasteiger partial charge in [-0.05, 0) is 18.3 Å². The van der Waals surface area contributed by atoms with Crippen molar-refractivity contribution in [3.05, 3.63) is 0 Å². The summed E-state index contributed by atoms with van der Waals surface area (Å²) in [7, 11) is 0. The third kappa shape index (κ3) is 3.72. The summed E-state index contributed by atoms with van der Waals surface area (Å²) in [5, 5.41) is 0. The fraction of sp³-hybridized carbons (Fsp3) is 0.857. The van der Waals surface area contributed by atoms with Crippen LogP contribution in [0.3, 0.4) is 0 Å². The van der Waals surface area contributed by atoms with Crippen molar-refractivity contribution in [3.63, 3.8) is 0 Å². The molecule has 4 heteroatoms. The monoisotopic (exact) mass is 256 g/mol. The zero-order chi connectivity index (χ0) is 13.9. The predicted molar refractivity (Wildman–Crippen MR) is 67.6 cm³/mol. The van der Waals surface area contributed by atoms with Gasteiger partial charge in [-0.2, -0.15) is 0 Å². The molecule has 0 bridgehead atoms.